The summed E-state index contributed by atoms with van der Waals surface area (Å²) >= 11 is 0. The zero-order chi connectivity index (χ0) is 20.2. The van der Waals surface area contributed by atoms with Crippen molar-refractivity contribution >= 4 is 21.9 Å². The molecule has 27 heavy (non-hydrogen) atoms. The third kappa shape index (κ3) is 4.41. The van der Waals surface area contributed by atoms with Gasteiger partial charge < -0.3 is 14.7 Å². The van der Waals surface area contributed by atoms with E-state index in [0.717, 1.165) is 0 Å². The Morgan fingerprint density at radius 3 is 2.52 bits per heavy atom. The minimum atomic E-state index is -3.72. The number of amides is 1. The molecule has 1 fully saturated rings. The molecule has 0 unspecified atom stereocenters. The summed E-state index contributed by atoms with van der Waals surface area (Å²) in [5.41, 5.74) is 0.122. The Bertz CT molecular complexity index is 804. The highest BCUT2D eigenvalue weighted by Crippen LogP contribution is 2.27. The molecule has 2 rings (SSSR count). The Balaban J connectivity index is 2.40. The van der Waals surface area contributed by atoms with E-state index in [1.165, 1.54) is 34.5 Å². The zero-order valence-electron chi connectivity index (χ0n) is 15.8. The van der Waals surface area contributed by atoms with Crippen LogP contribution >= 0.6 is 0 Å². The van der Waals surface area contributed by atoms with Crippen molar-refractivity contribution in [2.24, 2.45) is 5.92 Å². The smallest absolute Gasteiger partial charge is 0.308 e. The zero-order valence-corrected chi connectivity index (χ0v) is 16.7. The van der Waals surface area contributed by atoms with Gasteiger partial charge in [0.2, 0.25) is 10.0 Å². The van der Waals surface area contributed by atoms with Crippen LogP contribution in [0.15, 0.2) is 23.1 Å². The van der Waals surface area contributed by atoms with Gasteiger partial charge in [-0.15, -0.1) is 0 Å². The number of carbonyl (C=O) groups excluding carboxylic acids is 1. The van der Waals surface area contributed by atoms with E-state index in [9.17, 15) is 23.1 Å². The van der Waals surface area contributed by atoms with Crippen molar-refractivity contribution in [2.45, 2.75) is 31.6 Å². The molecule has 1 heterocycles. The number of carboxylic acids is 1. The van der Waals surface area contributed by atoms with E-state index >= 15 is 0 Å². The molecule has 1 aliphatic rings. The van der Waals surface area contributed by atoms with Crippen LogP contribution in [0.4, 0.5) is 0 Å². The average Bonchev–Trinajstić information content (AvgIpc) is 2.67. The average molecular weight is 398 g/mol. The monoisotopic (exact) mass is 398 g/mol. The summed E-state index contributed by atoms with van der Waals surface area (Å²) in [6.45, 7) is 4.66. The number of carbonyl (C=O) groups is 2. The number of hydrogen-bond donors (Lipinski definition) is 1. The van der Waals surface area contributed by atoms with E-state index in [0.29, 0.717) is 32.5 Å². The van der Waals surface area contributed by atoms with Gasteiger partial charge in [-0.2, -0.15) is 4.31 Å². The van der Waals surface area contributed by atoms with Crippen molar-refractivity contribution in [1.29, 1.82) is 0 Å². The highest BCUT2D eigenvalue weighted by Gasteiger charge is 2.31. The van der Waals surface area contributed by atoms with Crippen LogP contribution < -0.4 is 4.74 Å². The quantitative estimate of drug-likeness (QED) is 0.749. The maximum absolute atomic E-state index is 13.0. The lowest BCUT2D eigenvalue weighted by Crippen LogP contribution is -2.42. The molecule has 1 amide bonds. The molecular weight excluding hydrogens is 372 g/mol. The highest BCUT2D eigenvalue weighted by molar-refractivity contribution is 7.89. The summed E-state index contributed by atoms with van der Waals surface area (Å²) in [5, 5.41) is 9.23. The van der Waals surface area contributed by atoms with E-state index in [1.807, 2.05) is 0 Å². The lowest BCUT2D eigenvalue weighted by Gasteiger charge is -2.31. The molecule has 8 nitrogen and oxygen atoms in total. The molecule has 1 N–H and O–H groups in total. The van der Waals surface area contributed by atoms with E-state index in [2.05, 4.69) is 0 Å². The second-order valence-corrected chi connectivity index (χ2v) is 8.32. The van der Waals surface area contributed by atoms with Crippen molar-refractivity contribution in [3.8, 4) is 5.75 Å². The number of piperidine rings is 1. The van der Waals surface area contributed by atoms with E-state index in [-0.39, 0.29) is 22.8 Å². The molecule has 0 aromatic heterocycles. The van der Waals surface area contributed by atoms with Crippen molar-refractivity contribution in [2.75, 3.05) is 33.3 Å². The summed E-state index contributed by atoms with van der Waals surface area (Å²) in [7, 11) is -2.32. The topological polar surface area (TPSA) is 104 Å². The normalized spacial score (nSPS) is 17.8. The van der Waals surface area contributed by atoms with Gasteiger partial charge in [0, 0.05) is 26.2 Å². The fourth-order valence-corrected chi connectivity index (χ4v) is 4.75. The van der Waals surface area contributed by atoms with Crippen LogP contribution in [-0.4, -0.2) is 67.9 Å². The molecule has 0 spiro atoms. The van der Waals surface area contributed by atoms with Crippen LogP contribution in [0.25, 0.3) is 0 Å². The van der Waals surface area contributed by atoms with Gasteiger partial charge in [-0.25, -0.2) is 8.42 Å². The molecule has 0 bridgehead atoms. The molecule has 0 aliphatic carbocycles. The lowest BCUT2D eigenvalue weighted by molar-refractivity contribution is -0.143. The van der Waals surface area contributed by atoms with Gasteiger partial charge in [0.05, 0.1) is 23.5 Å². The van der Waals surface area contributed by atoms with E-state index in [4.69, 9.17) is 4.74 Å². The molecule has 1 aliphatic heterocycles. The Morgan fingerprint density at radius 2 is 1.96 bits per heavy atom. The van der Waals surface area contributed by atoms with E-state index < -0.39 is 27.8 Å². The van der Waals surface area contributed by atoms with Crippen LogP contribution in [0.2, 0.25) is 0 Å². The van der Waals surface area contributed by atoms with Crippen LogP contribution in [0, 0.1) is 5.92 Å². The summed E-state index contributed by atoms with van der Waals surface area (Å²) < 4.78 is 32.1. The third-order valence-electron chi connectivity index (χ3n) is 4.80. The Hall–Kier alpha value is -2.13. The minimum absolute atomic E-state index is 0.0159. The van der Waals surface area contributed by atoms with Crippen LogP contribution in [0.5, 0.6) is 5.75 Å². The molecule has 0 radical (unpaired) electrons. The molecule has 1 aromatic carbocycles. The predicted octanol–water partition coefficient (Wildman–Crippen LogP) is 1.66. The summed E-state index contributed by atoms with van der Waals surface area (Å²) in [4.78, 5) is 25.7. The fraction of sp³-hybridized carbons (Fsp3) is 0.556. The highest BCUT2D eigenvalue weighted by atomic mass is 32.2. The van der Waals surface area contributed by atoms with Gasteiger partial charge in [0.1, 0.15) is 5.75 Å². The molecule has 150 valence electrons. The van der Waals surface area contributed by atoms with Gasteiger partial charge in [-0.05, 0) is 31.0 Å². The Labute approximate surface area is 159 Å². The molecule has 1 aromatic rings. The van der Waals surface area contributed by atoms with Gasteiger partial charge >= 0.3 is 5.97 Å². The maximum Gasteiger partial charge on any atom is 0.308 e. The Kier molecular flexibility index (Phi) is 6.83. The summed E-state index contributed by atoms with van der Waals surface area (Å²) in [5.74, 6) is -1.71. The summed E-state index contributed by atoms with van der Waals surface area (Å²) in [6, 6.07) is 4.20. The summed E-state index contributed by atoms with van der Waals surface area (Å²) in [6.07, 6.45) is 1.11. The van der Waals surface area contributed by atoms with Crippen molar-refractivity contribution in [3.05, 3.63) is 23.8 Å². The predicted molar refractivity (Wildman–Crippen MR) is 99.4 cm³/mol. The first-order valence-corrected chi connectivity index (χ1v) is 10.4. The number of rotatable bonds is 7. The Morgan fingerprint density at radius 1 is 1.30 bits per heavy atom. The van der Waals surface area contributed by atoms with Gasteiger partial charge in [0.15, 0.2) is 0 Å². The lowest BCUT2D eigenvalue weighted by atomic mass is 9.97. The number of aliphatic carboxylic acids is 1. The number of benzene rings is 1. The third-order valence-corrected chi connectivity index (χ3v) is 6.85. The van der Waals surface area contributed by atoms with Crippen LogP contribution in [0.3, 0.4) is 0 Å². The number of sulfonamides is 1. The second-order valence-electron chi connectivity index (χ2n) is 6.38. The molecule has 1 atom stereocenters. The van der Waals surface area contributed by atoms with Crippen molar-refractivity contribution < 1.29 is 27.9 Å². The first kappa shape index (κ1) is 21.2. The fourth-order valence-electron chi connectivity index (χ4n) is 3.26. The number of carboxylic acid groups (broad SMARTS) is 1. The maximum atomic E-state index is 13.0. The standard InChI is InChI=1S/C18H26N2O6S/c1-4-20(5-2)27(24,25)14-8-9-16(26-3)15(11-14)17(21)19-10-6-7-13(12-19)18(22)23/h8-9,11,13H,4-7,10,12H2,1-3H3,(H,22,23)/t13-/m0/s1. The number of likely N-dealkylation sites (tertiary alicyclic amines) is 1. The van der Waals surface area contributed by atoms with Gasteiger partial charge in [-0.3, -0.25) is 9.59 Å². The molecule has 1 saturated heterocycles. The number of hydrogen-bond acceptors (Lipinski definition) is 5. The first-order valence-electron chi connectivity index (χ1n) is 8.96. The number of methoxy groups -OCH3 is 1. The van der Waals surface area contributed by atoms with E-state index in [1.54, 1.807) is 13.8 Å². The van der Waals surface area contributed by atoms with Gasteiger partial charge in [-0.1, -0.05) is 13.8 Å². The second kappa shape index (κ2) is 8.71. The van der Waals surface area contributed by atoms with Crippen LogP contribution in [-0.2, 0) is 14.8 Å². The van der Waals surface area contributed by atoms with Crippen molar-refractivity contribution in [1.82, 2.24) is 9.21 Å². The number of nitrogens with zero attached hydrogens (tertiary/aromatic N) is 2. The molecule has 9 heteroatoms. The number of ether oxygens (including phenoxy) is 1. The largest absolute Gasteiger partial charge is 0.496 e. The SMILES string of the molecule is CCN(CC)S(=O)(=O)c1ccc(OC)c(C(=O)N2CCC[C@H](C(=O)O)C2)c1. The molecule has 0 saturated carbocycles. The van der Waals surface area contributed by atoms with Crippen molar-refractivity contribution in [3.63, 3.8) is 0 Å². The first-order chi connectivity index (χ1) is 12.8. The van der Waals surface area contributed by atoms with Gasteiger partial charge in [0.25, 0.3) is 5.91 Å². The minimum Gasteiger partial charge on any atom is -0.496 e. The molecular formula is C18H26N2O6S. The van der Waals surface area contributed by atoms with Crippen LogP contribution in [0.1, 0.15) is 37.0 Å².